The molecule has 4 rings (SSSR count). The zero-order chi connectivity index (χ0) is 20.3. The van der Waals surface area contributed by atoms with E-state index in [-0.39, 0.29) is 18.0 Å². The van der Waals surface area contributed by atoms with Crippen molar-refractivity contribution in [3.8, 4) is 0 Å². The first-order valence-corrected chi connectivity index (χ1v) is 11.3. The summed E-state index contributed by atoms with van der Waals surface area (Å²) in [6, 6.07) is 10.4. The Kier molecular flexibility index (Phi) is 6.20. The molecule has 6 heteroatoms. The number of carbonyl (C=O) groups is 2. The normalized spacial score (nSPS) is 25.6. The van der Waals surface area contributed by atoms with E-state index in [2.05, 4.69) is 46.3 Å². The molecule has 1 spiro atoms. The van der Waals surface area contributed by atoms with Crippen molar-refractivity contribution in [1.29, 1.82) is 0 Å². The molecular weight excluding hydrogens is 364 g/mol. The van der Waals surface area contributed by atoms with Gasteiger partial charge in [0.05, 0.1) is 6.04 Å². The maximum absolute atomic E-state index is 13.3. The minimum atomic E-state index is -0.673. The van der Waals surface area contributed by atoms with Crippen molar-refractivity contribution < 1.29 is 9.59 Å². The van der Waals surface area contributed by atoms with Crippen molar-refractivity contribution in [3.05, 3.63) is 35.9 Å². The standard InChI is InChI=1S/C23H34N4O2/c1-2-13-26-14-6-9-20(18-26)27-21(28)23(24-22(27)29)11-16-25(17-12-23)15-10-19-7-4-3-5-8-19/h3-5,7-8,20H,2,6,9-18H2,1H3,(H,24,29)/t20-/m1/s1. The van der Waals surface area contributed by atoms with Crippen molar-refractivity contribution in [2.45, 2.75) is 57.0 Å². The van der Waals surface area contributed by atoms with Gasteiger partial charge in [0.1, 0.15) is 5.54 Å². The number of hydrogen-bond donors (Lipinski definition) is 1. The second-order valence-corrected chi connectivity index (χ2v) is 8.86. The minimum absolute atomic E-state index is 0.0218. The molecule has 3 aliphatic heterocycles. The Bertz CT molecular complexity index is 713. The summed E-state index contributed by atoms with van der Waals surface area (Å²) in [6.45, 7) is 7.85. The van der Waals surface area contributed by atoms with Gasteiger partial charge in [0.25, 0.3) is 5.91 Å². The van der Waals surface area contributed by atoms with Crippen LogP contribution in [0.15, 0.2) is 30.3 Å². The van der Waals surface area contributed by atoms with E-state index in [1.165, 1.54) is 5.56 Å². The van der Waals surface area contributed by atoms with E-state index in [9.17, 15) is 9.59 Å². The van der Waals surface area contributed by atoms with Gasteiger partial charge >= 0.3 is 6.03 Å². The van der Waals surface area contributed by atoms with Crippen LogP contribution in [0.3, 0.4) is 0 Å². The fourth-order valence-electron chi connectivity index (χ4n) is 5.16. The molecule has 29 heavy (non-hydrogen) atoms. The van der Waals surface area contributed by atoms with Crippen molar-refractivity contribution in [2.24, 2.45) is 0 Å². The Balaban J connectivity index is 1.34. The Labute approximate surface area is 174 Å². The van der Waals surface area contributed by atoms with Crippen LogP contribution in [0.25, 0.3) is 0 Å². The summed E-state index contributed by atoms with van der Waals surface area (Å²) in [4.78, 5) is 32.5. The van der Waals surface area contributed by atoms with E-state index in [4.69, 9.17) is 0 Å². The topological polar surface area (TPSA) is 55.9 Å². The molecule has 3 heterocycles. The maximum Gasteiger partial charge on any atom is 0.325 e. The molecule has 3 saturated heterocycles. The smallest absolute Gasteiger partial charge is 0.323 e. The Morgan fingerprint density at radius 2 is 1.79 bits per heavy atom. The molecule has 0 aliphatic carbocycles. The quantitative estimate of drug-likeness (QED) is 0.748. The SMILES string of the molecule is CCCN1CCC[C@@H](N2C(=O)NC3(CCN(CCc4ccccc4)CC3)C2=O)C1. The maximum atomic E-state index is 13.3. The zero-order valence-electron chi connectivity index (χ0n) is 17.6. The first kappa shape index (κ1) is 20.4. The average molecular weight is 399 g/mol. The highest BCUT2D eigenvalue weighted by Gasteiger charge is 2.54. The van der Waals surface area contributed by atoms with Crippen molar-refractivity contribution in [1.82, 2.24) is 20.0 Å². The Morgan fingerprint density at radius 1 is 1.03 bits per heavy atom. The van der Waals surface area contributed by atoms with Gasteiger partial charge in [-0.25, -0.2) is 4.79 Å². The first-order chi connectivity index (χ1) is 14.1. The molecule has 1 N–H and O–H groups in total. The third-order valence-electron chi connectivity index (χ3n) is 6.85. The van der Waals surface area contributed by atoms with E-state index in [1.807, 2.05) is 6.07 Å². The third-order valence-corrected chi connectivity index (χ3v) is 6.85. The molecule has 1 atom stereocenters. The summed E-state index contributed by atoms with van der Waals surface area (Å²) < 4.78 is 0. The number of nitrogens with one attached hydrogen (secondary N) is 1. The molecule has 0 aromatic heterocycles. The lowest BCUT2D eigenvalue weighted by Gasteiger charge is -2.39. The van der Waals surface area contributed by atoms with Crippen molar-refractivity contribution >= 4 is 11.9 Å². The molecular formula is C23H34N4O2. The Hall–Kier alpha value is -1.92. The minimum Gasteiger partial charge on any atom is -0.323 e. The van der Waals surface area contributed by atoms with Gasteiger partial charge in [0.2, 0.25) is 0 Å². The van der Waals surface area contributed by atoms with Crippen LogP contribution in [-0.2, 0) is 11.2 Å². The predicted octanol–water partition coefficient (Wildman–Crippen LogP) is 2.49. The lowest BCUT2D eigenvalue weighted by molar-refractivity contribution is -0.135. The second-order valence-electron chi connectivity index (χ2n) is 8.86. The highest BCUT2D eigenvalue weighted by molar-refractivity contribution is 6.07. The zero-order valence-corrected chi connectivity index (χ0v) is 17.6. The summed E-state index contributed by atoms with van der Waals surface area (Å²) in [6.07, 6.45) is 5.55. The van der Waals surface area contributed by atoms with Gasteiger partial charge in [-0.3, -0.25) is 9.69 Å². The molecule has 0 bridgehead atoms. The van der Waals surface area contributed by atoms with Gasteiger partial charge in [-0.15, -0.1) is 0 Å². The lowest BCUT2D eigenvalue weighted by atomic mass is 9.87. The number of amides is 3. The third kappa shape index (κ3) is 4.33. The summed E-state index contributed by atoms with van der Waals surface area (Å²) in [5, 5.41) is 3.10. The highest BCUT2D eigenvalue weighted by atomic mass is 16.2. The van der Waals surface area contributed by atoms with Gasteiger partial charge in [-0.05, 0) is 57.2 Å². The van der Waals surface area contributed by atoms with E-state index in [0.29, 0.717) is 12.8 Å². The largest absolute Gasteiger partial charge is 0.325 e. The summed E-state index contributed by atoms with van der Waals surface area (Å²) in [7, 11) is 0. The van der Waals surface area contributed by atoms with E-state index in [0.717, 1.165) is 65.0 Å². The van der Waals surface area contributed by atoms with Crippen LogP contribution in [-0.4, -0.2) is 77.5 Å². The van der Waals surface area contributed by atoms with Gasteiger partial charge in [-0.1, -0.05) is 37.3 Å². The summed E-state index contributed by atoms with van der Waals surface area (Å²) in [5.74, 6) is 0.0218. The van der Waals surface area contributed by atoms with Crippen LogP contribution in [0, 0.1) is 0 Å². The molecule has 0 radical (unpaired) electrons. The van der Waals surface area contributed by atoms with Crippen molar-refractivity contribution in [3.63, 3.8) is 0 Å². The molecule has 1 aromatic rings. The van der Waals surface area contributed by atoms with Crippen LogP contribution in [0.4, 0.5) is 4.79 Å². The second kappa shape index (κ2) is 8.84. The van der Waals surface area contributed by atoms with Crippen LogP contribution < -0.4 is 5.32 Å². The number of likely N-dealkylation sites (tertiary alicyclic amines) is 2. The molecule has 0 saturated carbocycles. The first-order valence-electron chi connectivity index (χ1n) is 11.3. The van der Waals surface area contributed by atoms with Crippen LogP contribution >= 0.6 is 0 Å². The molecule has 1 aromatic carbocycles. The van der Waals surface area contributed by atoms with E-state index in [1.54, 1.807) is 4.90 Å². The molecule has 3 amide bonds. The molecule has 3 fully saturated rings. The van der Waals surface area contributed by atoms with Crippen LogP contribution in [0.1, 0.15) is 44.6 Å². The fraction of sp³-hybridized carbons (Fsp3) is 0.652. The summed E-state index contributed by atoms with van der Waals surface area (Å²) in [5.41, 5.74) is 0.672. The number of urea groups is 1. The molecule has 6 nitrogen and oxygen atoms in total. The van der Waals surface area contributed by atoms with Crippen molar-refractivity contribution in [2.75, 3.05) is 39.3 Å². The Morgan fingerprint density at radius 3 is 2.52 bits per heavy atom. The number of piperidine rings is 2. The monoisotopic (exact) mass is 398 g/mol. The van der Waals surface area contributed by atoms with Gasteiger partial charge in [0, 0.05) is 26.2 Å². The fourth-order valence-corrected chi connectivity index (χ4v) is 5.16. The molecule has 0 unspecified atom stereocenters. The van der Waals surface area contributed by atoms with Crippen LogP contribution in [0.2, 0.25) is 0 Å². The number of imide groups is 1. The number of benzene rings is 1. The van der Waals surface area contributed by atoms with Gasteiger partial charge in [-0.2, -0.15) is 0 Å². The van der Waals surface area contributed by atoms with Gasteiger partial charge in [0.15, 0.2) is 0 Å². The lowest BCUT2D eigenvalue weighted by Crippen LogP contribution is -2.56. The van der Waals surface area contributed by atoms with E-state index >= 15 is 0 Å². The van der Waals surface area contributed by atoms with E-state index < -0.39 is 5.54 Å². The number of rotatable bonds is 6. The average Bonchev–Trinajstić information content (AvgIpc) is 2.98. The highest BCUT2D eigenvalue weighted by Crippen LogP contribution is 2.32. The van der Waals surface area contributed by atoms with Gasteiger partial charge < -0.3 is 15.1 Å². The number of hydrogen-bond acceptors (Lipinski definition) is 4. The molecule has 158 valence electrons. The number of nitrogens with zero attached hydrogens (tertiary/aromatic N) is 3. The number of carbonyl (C=O) groups excluding carboxylic acids is 2. The summed E-state index contributed by atoms with van der Waals surface area (Å²) >= 11 is 0. The molecule has 3 aliphatic rings. The predicted molar refractivity (Wildman–Crippen MR) is 114 cm³/mol. The van der Waals surface area contributed by atoms with Crippen LogP contribution in [0.5, 0.6) is 0 Å².